The first-order chi connectivity index (χ1) is 14.5. The SMILES string of the molecule is COc1ccccc1NC(=O)c1ccc(NC(=O)COC(=O)c2ccoc2C)cc1. The van der Waals surface area contributed by atoms with Crippen LogP contribution in [-0.2, 0) is 9.53 Å². The molecule has 2 N–H and O–H groups in total. The topological polar surface area (TPSA) is 107 Å². The summed E-state index contributed by atoms with van der Waals surface area (Å²) in [6, 6.07) is 14.9. The molecule has 0 aliphatic heterocycles. The largest absolute Gasteiger partial charge is 0.495 e. The molecule has 2 aromatic carbocycles. The van der Waals surface area contributed by atoms with Crippen LogP contribution >= 0.6 is 0 Å². The molecule has 0 unspecified atom stereocenters. The maximum absolute atomic E-state index is 12.4. The number of methoxy groups -OCH3 is 1. The van der Waals surface area contributed by atoms with E-state index in [-0.39, 0.29) is 11.5 Å². The minimum atomic E-state index is -0.639. The van der Waals surface area contributed by atoms with Crippen LogP contribution in [0.3, 0.4) is 0 Å². The van der Waals surface area contributed by atoms with Gasteiger partial charge in [-0.05, 0) is 49.4 Å². The van der Waals surface area contributed by atoms with Gasteiger partial charge in [0.15, 0.2) is 6.61 Å². The Kier molecular flexibility index (Phi) is 6.49. The average Bonchev–Trinajstić information content (AvgIpc) is 3.19. The predicted molar refractivity (Wildman–Crippen MR) is 110 cm³/mol. The van der Waals surface area contributed by atoms with Crippen molar-refractivity contribution in [3.05, 3.63) is 77.7 Å². The van der Waals surface area contributed by atoms with Crippen LogP contribution in [0.5, 0.6) is 5.75 Å². The molecule has 8 nitrogen and oxygen atoms in total. The minimum absolute atomic E-state index is 0.271. The van der Waals surface area contributed by atoms with Crippen molar-refractivity contribution in [1.29, 1.82) is 0 Å². The van der Waals surface area contributed by atoms with Crippen molar-refractivity contribution in [3.63, 3.8) is 0 Å². The summed E-state index contributed by atoms with van der Waals surface area (Å²) in [5, 5.41) is 5.37. The van der Waals surface area contributed by atoms with E-state index < -0.39 is 18.5 Å². The first-order valence-electron chi connectivity index (χ1n) is 9.03. The van der Waals surface area contributed by atoms with E-state index >= 15 is 0 Å². The molecule has 30 heavy (non-hydrogen) atoms. The normalized spacial score (nSPS) is 10.2. The van der Waals surface area contributed by atoms with Gasteiger partial charge in [-0.1, -0.05) is 12.1 Å². The second kappa shape index (κ2) is 9.42. The van der Waals surface area contributed by atoms with Crippen molar-refractivity contribution >= 4 is 29.2 Å². The van der Waals surface area contributed by atoms with Crippen LogP contribution < -0.4 is 15.4 Å². The van der Waals surface area contributed by atoms with Gasteiger partial charge in [0.1, 0.15) is 17.1 Å². The third-order valence-electron chi connectivity index (χ3n) is 4.20. The Morgan fingerprint density at radius 2 is 1.70 bits per heavy atom. The van der Waals surface area contributed by atoms with Crippen molar-refractivity contribution in [1.82, 2.24) is 0 Å². The van der Waals surface area contributed by atoms with Crippen molar-refractivity contribution in [2.45, 2.75) is 6.92 Å². The van der Waals surface area contributed by atoms with Gasteiger partial charge in [0.05, 0.1) is 19.1 Å². The molecule has 3 aromatic rings. The highest BCUT2D eigenvalue weighted by atomic mass is 16.5. The standard InChI is InChI=1S/C22H20N2O6/c1-14-17(11-12-29-14)22(27)30-13-20(25)23-16-9-7-15(8-10-16)21(26)24-18-5-3-4-6-19(18)28-2/h3-12H,13H2,1-2H3,(H,23,25)(H,24,26). The predicted octanol–water partition coefficient (Wildman–Crippen LogP) is 3.64. The lowest BCUT2D eigenvalue weighted by Crippen LogP contribution is -2.21. The first-order valence-corrected chi connectivity index (χ1v) is 9.03. The quantitative estimate of drug-likeness (QED) is 0.578. The fourth-order valence-corrected chi connectivity index (χ4v) is 2.65. The van der Waals surface area contributed by atoms with Gasteiger partial charge >= 0.3 is 5.97 Å². The van der Waals surface area contributed by atoms with E-state index in [4.69, 9.17) is 13.9 Å². The lowest BCUT2D eigenvalue weighted by molar-refractivity contribution is -0.119. The fraction of sp³-hybridized carbons (Fsp3) is 0.136. The summed E-state index contributed by atoms with van der Waals surface area (Å²) in [6.45, 7) is 1.18. The summed E-state index contributed by atoms with van der Waals surface area (Å²) in [7, 11) is 1.52. The Morgan fingerprint density at radius 1 is 0.967 bits per heavy atom. The Balaban J connectivity index is 1.53. The number of esters is 1. The molecule has 0 bridgehead atoms. The average molecular weight is 408 g/mol. The summed E-state index contributed by atoms with van der Waals surface area (Å²) in [5.74, 6) is -0.491. The summed E-state index contributed by atoms with van der Waals surface area (Å²) in [4.78, 5) is 36.3. The van der Waals surface area contributed by atoms with E-state index in [0.29, 0.717) is 28.4 Å². The molecule has 0 aliphatic carbocycles. The zero-order chi connectivity index (χ0) is 21.5. The molecule has 0 fully saturated rings. The van der Waals surface area contributed by atoms with E-state index in [1.54, 1.807) is 55.5 Å². The Labute approximate surface area is 172 Å². The second-order valence-corrected chi connectivity index (χ2v) is 6.25. The lowest BCUT2D eigenvalue weighted by Gasteiger charge is -2.10. The fourth-order valence-electron chi connectivity index (χ4n) is 2.65. The number of para-hydroxylation sites is 2. The number of carbonyl (C=O) groups is 3. The number of rotatable bonds is 7. The van der Waals surface area contributed by atoms with Crippen LogP contribution in [0.1, 0.15) is 26.5 Å². The van der Waals surface area contributed by atoms with Crippen LogP contribution in [0.2, 0.25) is 0 Å². The third kappa shape index (κ3) is 5.05. The van der Waals surface area contributed by atoms with Gasteiger partial charge in [-0.15, -0.1) is 0 Å². The number of anilines is 2. The van der Waals surface area contributed by atoms with Crippen LogP contribution in [0.25, 0.3) is 0 Å². The number of aryl methyl sites for hydroxylation is 1. The number of benzene rings is 2. The van der Waals surface area contributed by atoms with Crippen molar-refractivity contribution in [3.8, 4) is 5.75 Å². The molecule has 1 aromatic heterocycles. The highest BCUT2D eigenvalue weighted by molar-refractivity contribution is 6.05. The first kappa shape index (κ1) is 20.7. The zero-order valence-corrected chi connectivity index (χ0v) is 16.4. The summed E-state index contributed by atoms with van der Waals surface area (Å²) in [5.41, 5.74) is 1.69. The third-order valence-corrected chi connectivity index (χ3v) is 4.20. The molecule has 0 atom stereocenters. The second-order valence-electron chi connectivity index (χ2n) is 6.25. The maximum Gasteiger partial charge on any atom is 0.342 e. The molecule has 0 spiro atoms. The van der Waals surface area contributed by atoms with E-state index in [9.17, 15) is 14.4 Å². The number of carbonyl (C=O) groups excluding carboxylic acids is 3. The number of ether oxygens (including phenoxy) is 2. The molecule has 0 radical (unpaired) electrons. The molecular weight excluding hydrogens is 388 g/mol. The van der Waals surface area contributed by atoms with E-state index in [1.807, 2.05) is 0 Å². The van der Waals surface area contributed by atoms with Crippen molar-refractivity contribution in [2.75, 3.05) is 24.4 Å². The van der Waals surface area contributed by atoms with E-state index in [0.717, 1.165) is 0 Å². The molecule has 0 saturated heterocycles. The molecule has 3 rings (SSSR count). The summed E-state index contributed by atoms with van der Waals surface area (Å²) in [6.07, 6.45) is 1.37. The maximum atomic E-state index is 12.4. The van der Waals surface area contributed by atoms with Crippen LogP contribution in [0.15, 0.2) is 65.3 Å². The zero-order valence-electron chi connectivity index (χ0n) is 16.4. The van der Waals surface area contributed by atoms with Crippen LogP contribution in [-0.4, -0.2) is 31.5 Å². The van der Waals surface area contributed by atoms with Crippen LogP contribution in [0, 0.1) is 6.92 Å². The number of hydrogen-bond acceptors (Lipinski definition) is 6. The number of amides is 2. The van der Waals surface area contributed by atoms with E-state index in [1.165, 1.54) is 19.4 Å². The highest BCUT2D eigenvalue weighted by Crippen LogP contribution is 2.23. The van der Waals surface area contributed by atoms with Crippen molar-refractivity contribution in [2.24, 2.45) is 0 Å². The van der Waals surface area contributed by atoms with Crippen LogP contribution in [0.4, 0.5) is 11.4 Å². The summed E-state index contributed by atoms with van der Waals surface area (Å²) < 4.78 is 15.2. The minimum Gasteiger partial charge on any atom is -0.495 e. The summed E-state index contributed by atoms with van der Waals surface area (Å²) >= 11 is 0. The van der Waals surface area contributed by atoms with Gasteiger partial charge in [-0.25, -0.2) is 4.79 Å². The van der Waals surface area contributed by atoms with Gasteiger partial charge in [-0.2, -0.15) is 0 Å². The number of furan rings is 1. The number of nitrogens with one attached hydrogen (secondary N) is 2. The monoisotopic (exact) mass is 408 g/mol. The smallest absolute Gasteiger partial charge is 0.342 e. The molecule has 0 saturated carbocycles. The molecule has 8 heteroatoms. The Hall–Kier alpha value is -4.07. The Bertz CT molecular complexity index is 1060. The van der Waals surface area contributed by atoms with Gasteiger partial charge < -0.3 is 24.5 Å². The van der Waals surface area contributed by atoms with Gasteiger partial charge in [0, 0.05) is 11.3 Å². The molecule has 0 aliphatic rings. The highest BCUT2D eigenvalue weighted by Gasteiger charge is 2.15. The van der Waals surface area contributed by atoms with Gasteiger partial charge in [-0.3, -0.25) is 9.59 Å². The number of hydrogen-bond donors (Lipinski definition) is 2. The van der Waals surface area contributed by atoms with Gasteiger partial charge in [0.25, 0.3) is 11.8 Å². The van der Waals surface area contributed by atoms with Crippen molar-refractivity contribution < 1.29 is 28.3 Å². The lowest BCUT2D eigenvalue weighted by atomic mass is 10.2. The molecule has 154 valence electrons. The Morgan fingerprint density at radius 3 is 2.37 bits per heavy atom. The molecular formula is C22H20N2O6. The van der Waals surface area contributed by atoms with E-state index in [2.05, 4.69) is 10.6 Å². The molecule has 2 amide bonds. The molecule has 1 heterocycles. The van der Waals surface area contributed by atoms with Gasteiger partial charge in [0.2, 0.25) is 0 Å².